The van der Waals surface area contributed by atoms with Gasteiger partial charge in [-0.1, -0.05) is 27.7 Å². The second-order valence-corrected chi connectivity index (χ2v) is 8.36. The maximum atomic E-state index is 14.1. The number of aromatic nitrogens is 1. The Balaban J connectivity index is 2.42. The van der Waals surface area contributed by atoms with Gasteiger partial charge in [-0.3, -0.25) is 4.79 Å². The van der Waals surface area contributed by atoms with Crippen LogP contribution in [0.4, 0.5) is 4.39 Å². The molecule has 2 aromatic rings. The minimum atomic E-state index is -0.869. The maximum absolute atomic E-state index is 14.1. The average molecular weight is 406 g/mol. The van der Waals surface area contributed by atoms with E-state index in [1.165, 1.54) is 24.5 Å². The molecule has 1 unspecified atom stereocenters. The Morgan fingerprint density at radius 2 is 2.04 bits per heavy atom. The third kappa shape index (κ3) is 4.85. The van der Waals surface area contributed by atoms with Crippen LogP contribution < -0.4 is 4.74 Å². The highest BCUT2D eigenvalue weighted by atomic mass is 32.1. The van der Waals surface area contributed by atoms with Gasteiger partial charge in [0.05, 0.1) is 12.8 Å². The number of thiazole rings is 1. The molecule has 1 aromatic carbocycles. The smallest absolute Gasteiger partial charge is 0.165 e. The molecule has 0 aliphatic rings. The summed E-state index contributed by atoms with van der Waals surface area (Å²) in [5.41, 5.74) is 1.12. The lowest BCUT2D eigenvalue weighted by Gasteiger charge is -2.19. The summed E-state index contributed by atoms with van der Waals surface area (Å²) in [5.74, 6) is -1.04. The van der Waals surface area contributed by atoms with Crippen molar-refractivity contribution in [2.45, 2.75) is 52.9 Å². The Hall–Kier alpha value is -2.08. The van der Waals surface area contributed by atoms with E-state index < -0.39 is 11.7 Å². The number of benzene rings is 1. The summed E-state index contributed by atoms with van der Waals surface area (Å²) in [6.45, 7) is 8.08. The van der Waals surface area contributed by atoms with Crippen LogP contribution in [0.5, 0.6) is 5.75 Å². The van der Waals surface area contributed by atoms with Crippen molar-refractivity contribution in [2.75, 3.05) is 7.11 Å². The van der Waals surface area contributed by atoms with Crippen molar-refractivity contribution in [2.24, 2.45) is 11.8 Å². The van der Waals surface area contributed by atoms with Crippen LogP contribution in [0.25, 0.3) is 10.6 Å². The molecule has 1 heterocycles. The van der Waals surface area contributed by atoms with Crippen LogP contribution in [0.1, 0.15) is 57.0 Å². The average Bonchev–Trinajstić information content (AvgIpc) is 3.10. The summed E-state index contributed by atoms with van der Waals surface area (Å²) in [6.07, 6.45) is 2.81. The van der Waals surface area contributed by atoms with Gasteiger partial charge in [0.15, 0.2) is 17.3 Å². The molecular weight excluding hydrogens is 377 g/mol. The van der Waals surface area contributed by atoms with Gasteiger partial charge >= 0.3 is 0 Å². The van der Waals surface area contributed by atoms with Crippen molar-refractivity contribution in [1.29, 1.82) is 0 Å². The Bertz CT molecular complexity index is 831. The maximum Gasteiger partial charge on any atom is 0.165 e. The fourth-order valence-corrected chi connectivity index (χ4v) is 4.40. The number of aryl methyl sites for hydroxylation is 1. The molecule has 0 spiro atoms. The zero-order valence-corrected chi connectivity index (χ0v) is 17.9. The highest BCUT2D eigenvalue weighted by Gasteiger charge is 2.31. The Morgan fingerprint density at radius 3 is 2.54 bits per heavy atom. The van der Waals surface area contributed by atoms with E-state index in [4.69, 9.17) is 4.74 Å². The minimum Gasteiger partial charge on any atom is -0.494 e. The number of carbonyl (C=O) groups excluding carboxylic acids is 2. The van der Waals surface area contributed by atoms with Gasteiger partial charge in [0.2, 0.25) is 0 Å². The third-order valence-corrected chi connectivity index (χ3v) is 6.10. The molecule has 1 aromatic heterocycles. The molecule has 0 fully saturated rings. The molecule has 0 saturated carbocycles. The number of rotatable bonds is 10. The van der Waals surface area contributed by atoms with Crippen molar-refractivity contribution in [3.05, 3.63) is 34.6 Å². The van der Waals surface area contributed by atoms with Gasteiger partial charge in [0.25, 0.3) is 0 Å². The molecule has 6 heteroatoms. The first kappa shape index (κ1) is 22.2. The number of nitrogens with zero attached hydrogens (tertiary/aromatic N) is 1. The molecule has 4 nitrogen and oxygen atoms in total. The van der Waals surface area contributed by atoms with Gasteiger partial charge in [-0.2, -0.15) is 0 Å². The van der Waals surface area contributed by atoms with E-state index in [2.05, 4.69) is 18.8 Å². The van der Waals surface area contributed by atoms with Gasteiger partial charge in [-0.05, 0) is 43.4 Å². The van der Waals surface area contributed by atoms with Crippen molar-refractivity contribution < 1.29 is 18.7 Å². The van der Waals surface area contributed by atoms with E-state index >= 15 is 0 Å². The standard InChI is InChI=1S/C22H28FNO3S/c1-6-14(10-13(3)4)21(26)16(12-25)20-19(7-2)28-22(24-20)15-8-9-18(27-5)17(23)11-15/h8-9,11-14,16H,6-7,10H2,1-5H3/t14-,16?/m1/s1. The number of aldehydes is 1. The zero-order chi connectivity index (χ0) is 20.8. The predicted molar refractivity (Wildman–Crippen MR) is 110 cm³/mol. The highest BCUT2D eigenvalue weighted by molar-refractivity contribution is 7.15. The molecule has 152 valence electrons. The zero-order valence-electron chi connectivity index (χ0n) is 17.1. The molecule has 2 atom stereocenters. The Morgan fingerprint density at radius 1 is 1.32 bits per heavy atom. The number of hydrogen-bond donors (Lipinski definition) is 0. The first-order chi connectivity index (χ1) is 13.4. The number of carbonyl (C=O) groups is 2. The number of methoxy groups -OCH3 is 1. The van der Waals surface area contributed by atoms with Crippen LogP contribution in [0, 0.1) is 17.7 Å². The van der Waals surface area contributed by atoms with Crippen molar-refractivity contribution >= 4 is 23.4 Å². The molecule has 0 amide bonds. The van der Waals surface area contributed by atoms with Gasteiger partial charge in [-0.15, -0.1) is 11.3 Å². The number of Topliss-reactive ketones (excluding diaryl/α,β-unsaturated/α-hetero) is 1. The molecule has 28 heavy (non-hydrogen) atoms. The number of ether oxygens (including phenoxy) is 1. The quantitative estimate of drug-likeness (QED) is 0.390. The summed E-state index contributed by atoms with van der Waals surface area (Å²) >= 11 is 1.40. The molecule has 0 N–H and O–H groups in total. The molecular formula is C22H28FNO3S. The second-order valence-electron chi connectivity index (χ2n) is 7.28. The summed E-state index contributed by atoms with van der Waals surface area (Å²) in [6, 6.07) is 4.65. The number of halogens is 1. The molecule has 0 saturated heterocycles. The molecule has 0 radical (unpaired) electrons. The van der Waals surface area contributed by atoms with Crippen LogP contribution in [0.15, 0.2) is 18.2 Å². The van der Waals surface area contributed by atoms with E-state index in [9.17, 15) is 14.0 Å². The lowest BCUT2D eigenvalue weighted by Crippen LogP contribution is -2.25. The fraction of sp³-hybridized carbons (Fsp3) is 0.500. The molecule has 0 bridgehead atoms. The van der Waals surface area contributed by atoms with E-state index in [1.807, 2.05) is 13.8 Å². The normalized spacial score (nSPS) is 13.4. The predicted octanol–water partition coefficient (Wildman–Crippen LogP) is 5.44. The number of ketones is 1. The topological polar surface area (TPSA) is 56.3 Å². The van der Waals surface area contributed by atoms with Crippen molar-refractivity contribution in [3.8, 4) is 16.3 Å². The second kappa shape index (κ2) is 9.92. The largest absolute Gasteiger partial charge is 0.494 e. The first-order valence-corrected chi connectivity index (χ1v) is 10.5. The number of hydrogen-bond acceptors (Lipinski definition) is 5. The van der Waals surface area contributed by atoms with E-state index in [0.717, 1.165) is 11.3 Å². The van der Waals surface area contributed by atoms with Crippen LogP contribution in [0.2, 0.25) is 0 Å². The molecule has 2 rings (SSSR count). The SMILES string of the molecule is CCc1sc(-c2ccc(OC)c(F)c2)nc1C(C=O)C(=O)[C@H](CC)CC(C)C. The van der Waals surface area contributed by atoms with Gasteiger partial charge in [0, 0.05) is 16.4 Å². The Kier molecular flexibility index (Phi) is 7.87. The summed E-state index contributed by atoms with van der Waals surface area (Å²) in [5, 5.41) is 0.602. The molecule has 0 aliphatic heterocycles. The van der Waals surface area contributed by atoms with Gasteiger partial charge < -0.3 is 9.53 Å². The van der Waals surface area contributed by atoms with E-state index in [-0.39, 0.29) is 17.5 Å². The van der Waals surface area contributed by atoms with Crippen LogP contribution in [0.3, 0.4) is 0 Å². The van der Waals surface area contributed by atoms with Gasteiger partial charge in [0.1, 0.15) is 17.2 Å². The Labute approximate surface area is 170 Å². The fourth-order valence-electron chi connectivity index (χ4n) is 3.36. The van der Waals surface area contributed by atoms with Crippen LogP contribution in [-0.4, -0.2) is 24.2 Å². The summed E-state index contributed by atoms with van der Waals surface area (Å²) < 4.78 is 19.1. The van der Waals surface area contributed by atoms with Gasteiger partial charge in [-0.25, -0.2) is 9.37 Å². The highest BCUT2D eigenvalue weighted by Crippen LogP contribution is 2.35. The molecule has 0 aliphatic carbocycles. The first-order valence-electron chi connectivity index (χ1n) is 9.68. The summed E-state index contributed by atoms with van der Waals surface area (Å²) in [7, 11) is 1.41. The summed E-state index contributed by atoms with van der Waals surface area (Å²) in [4.78, 5) is 30.4. The lowest BCUT2D eigenvalue weighted by atomic mass is 9.84. The van der Waals surface area contributed by atoms with E-state index in [0.29, 0.717) is 41.3 Å². The lowest BCUT2D eigenvalue weighted by molar-refractivity contribution is -0.128. The van der Waals surface area contributed by atoms with Crippen molar-refractivity contribution in [1.82, 2.24) is 4.98 Å². The van der Waals surface area contributed by atoms with Crippen LogP contribution in [-0.2, 0) is 16.0 Å². The van der Waals surface area contributed by atoms with Crippen molar-refractivity contribution in [3.63, 3.8) is 0 Å². The monoisotopic (exact) mass is 405 g/mol. The minimum absolute atomic E-state index is 0.0707. The third-order valence-electron chi connectivity index (χ3n) is 4.84. The van der Waals surface area contributed by atoms with Crippen LogP contribution >= 0.6 is 11.3 Å². The van der Waals surface area contributed by atoms with E-state index in [1.54, 1.807) is 12.1 Å².